The number of hydrogen-bond donors (Lipinski definition) is 3. The summed E-state index contributed by atoms with van der Waals surface area (Å²) in [6.45, 7) is 4.72. The summed E-state index contributed by atoms with van der Waals surface area (Å²) >= 11 is 0. The lowest BCUT2D eigenvalue weighted by atomic mass is 9.85. The Kier molecular flexibility index (Phi) is 4.41. The Morgan fingerprint density at radius 3 is 3.17 bits per heavy atom. The molecule has 1 amide bonds. The third kappa shape index (κ3) is 2.93. The quantitative estimate of drug-likeness (QED) is 0.276. The third-order valence-corrected chi connectivity index (χ3v) is 3.74. The van der Waals surface area contributed by atoms with Gasteiger partial charge in [-0.15, -0.1) is 0 Å². The molecule has 2 saturated heterocycles. The predicted molar refractivity (Wildman–Crippen MR) is 70.8 cm³/mol. The standard InChI is InChI=1S/C12H23N5O/c1-2-6-14-12(16-13)17-7-5-10-9(8-17)3-4-11(18)15-10/h9-10H,2-8,13H2,1H3,(H,14,16)(H,15,18). The largest absolute Gasteiger partial charge is 0.353 e. The summed E-state index contributed by atoms with van der Waals surface area (Å²) in [5.74, 6) is 7.05. The molecule has 0 radical (unpaired) electrons. The number of nitrogens with one attached hydrogen (secondary N) is 2. The molecule has 0 aromatic rings. The number of nitrogens with zero attached hydrogens (tertiary/aromatic N) is 2. The van der Waals surface area contributed by atoms with E-state index in [0.29, 0.717) is 18.4 Å². The zero-order valence-electron chi connectivity index (χ0n) is 11.0. The minimum Gasteiger partial charge on any atom is -0.353 e. The monoisotopic (exact) mass is 253 g/mol. The van der Waals surface area contributed by atoms with Crippen LogP contribution in [0.5, 0.6) is 0 Å². The molecule has 0 spiro atoms. The summed E-state index contributed by atoms with van der Waals surface area (Å²) < 4.78 is 0. The van der Waals surface area contributed by atoms with E-state index in [0.717, 1.165) is 44.9 Å². The first-order chi connectivity index (χ1) is 8.74. The van der Waals surface area contributed by atoms with Gasteiger partial charge in [-0.3, -0.25) is 15.2 Å². The molecule has 2 unspecified atom stereocenters. The van der Waals surface area contributed by atoms with Gasteiger partial charge in [0.25, 0.3) is 0 Å². The molecule has 4 N–H and O–H groups in total. The Balaban J connectivity index is 1.95. The Hall–Kier alpha value is -1.30. The molecule has 2 aliphatic heterocycles. The number of hydrogen-bond acceptors (Lipinski definition) is 3. The van der Waals surface area contributed by atoms with Gasteiger partial charge in [-0.05, 0) is 25.2 Å². The second kappa shape index (κ2) is 6.04. The van der Waals surface area contributed by atoms with Crippen LogP contribution in [0, 0.1) is 5.92 Å². The van der Waals surface area contributed by atoms with Gasteiger partial charge in [-0.1, -0.05) is 6.92 Å². The summed E-state index contributed by atoms with van der Waals surface area (Å²) in [6.07, 6.45) is 3.61. The van der Waals surface area contributed by atoms with Crippen LogP contribution < -0.4 is 16.6 Å². The molecule has 0 aromatic heterocycles. The molecule has 2 fully saturated rings. The molecule has 18 heavy (non-hydrogen) atoms. The second-order valence-corrected chi connectivity index (χ2v) is 5.06. The highest BCUT2D eigenvalue weighted by atomic mass is 16.1. The van der Waals surface area contributed by atoms with Gasteiger partial charge in [0.15, 0.2) is 0 Å². The lowest BCUT2D eigenvalue weighted by Crippen LogP contribution is -2.57. The Morgan fingerprint density at radius 2 is 2.44 bits per heavy atom. The number of carbonyl (C=O) groups is 1. The maximum atomic E-state index is 11.4. The highest BCUT2D eigenvalue weighted by Gasteiger charge is 2.34. The van der Waals surface area contributed by atoms with Gasteiger partial charge in [0.05, 0.1) is 0 Å². The smallest absolute Gasteiger partial charge is 0.220 e. The van der Waals surface area contributed by atoms with E-state index in [1.54, 1.807) is 0 Å². The van der Waals surface area contributed by atoms with Gasteiger partial charge < -0.3 is 10.2 Å². The Labute approximate surface area is 108 Å². The summed E-state index contributed by atoms with van der Waals surface area (Å²) in [7, 11) is 0. The lowest BCUT2D eigenvalue weighted by molar-refractivity contribution is -0.125. The average molecular weight is 253 g/mol. The first kappa shape index (κ1) is 13.1. The Morgan fingerprint density at radius 1 is 1.61 bits per heavy atom. The third-order valence-electron chi connectivity index (χ3n) is 3.74. The van der Waals surface area contributed by atoms with Crippen LogP contribution in [-0.2, 0) is 4.79 Å². The minimum absolute atomic E-state index is 0.196. The van der Waals surface area contributed by atoms with Crippen molar-refractivity contribution >= 4 is 11.9 Å². The van der Waals surface area contributed by atoms with Crippen molar-refractivity contribution in [2.45, 2.75) is 38.6 Å². The van der Waals surface area contributed by atoms with E-state index in [1.165, 1.54) is 0 Å². The van der Waals surface area contributed by atoms with E-state index in [9.17, 15) is 4.79 Å². The van der Waals surface area contributed by atoms with Crippen LogP contribution in [0.1, 0.15) is 32.6 Å². The number of hydrazine groups is 1. The van der Waals surface area contributed by atoms with Crippen molar-refractivity contribution < 1.29 is 4.79 Å². The van der Waals surface area contributed by atoms with Gasteiger partial charge >= 0.3 is 0 Å². The van der Waals surface area contributed by atoms with Crippen molar-refractivity contribution in [1.29, 1.82) is 0 Å². The van der Waals surface area contributed by atoms with Crippen LogP contribution in [0.4, 0.5) is 0 Å². The van der Waals surface area contributed by atoms with E-state index in [1.807, 2.05) is 0 Å². The number of likely N-dealkylation sites (tertiary alicyclic amines) is 1. The summed E-state index contributed by atoms with van der Waals surface area (Å²) in [5, 5.41) is 3.08. The number of amides is 1. The van der Waals surface area contributed by atoms with Crippen molar-refractivity contribution in [2.24, 2.45) is 16.8 Å². The summed E-state index contributed by atoms with van der Waals surface area (Å²) in [5.41, 5.74) is 2.70. The maximum absolute atomic E-state index is 11.4. The van der Waals surface area contributed by atoms with Gasteiger partial charge in [-0.25, -0.2) is 5.84 Å². The molecule has 102 valence electrons. The molecular weight excluding hydrogens is 230 g/mol. The van der Waals surface area contributed by atoms with E-state index >= 15 is 0 Å². The van der Waals surface area contributed by atoms with Crippen molar-refractivity contribution in [3.63, 3.8) is 0 Å². The van der Waals surface area contributed by atoms with Gasteiger partial charge in [0.1, 0.15) is 0 Å². The number of guanidine groups is 1. The normalized spacial score (nSPS) is 28.7. The van der Waals surface area contributed by atoms with Crippen LogP contribution >= 0.6 is 0 Å². The van der Waals surface area contributed by atoms with Crippen molar-refractivity contribution in [1.82, 2.24) is 15.6 Å². The zero-order chi connectivity index (χ0) is 13.0. The fourth-order valence-electron chi connectivity index (χ4n) is 2.76. The number of rotatable bonds is 2. The molecular formula is C12H23N5O. The van der Waals surface area contributed by atoms with Crippen LogP contribution in [0.2, 0.25) is 0 Å². The zero-order valence-corrected chi connectivity index (χ0v) is 11.0. The molecule has 0 bridgehead atoms. The van der Waals surface area contributed by atoms with Crippen LogP contribution in [0.15, 0.2) is 4.99 Å². The molecule has 0 saturated carbocycles. The maximum Gasteiger partial charge on any atom is 0.220 e. The van der Waals surface area contributed by atoms with E-state index in [-0.39, 0.29) is 5.91 Å². The average Bonchev–Trinajstić information content (AvgIpc) is 2.39. The van der Waals surface area contributed by atoms with Gasteiger partial charge in [0.2, 0.25) is 11.9 Å². The molecule has 2 rings (SSSR count). The molecule has 2 aliphatic rings. The predicted octanol–water partition coefficient (Wildman–Crippen LogP) is -0.184. The van der Waals surface area contributed by atoms with Crippen LogP contribution in [0.25, 0.3) is 0 Å². The van der Waals surface area contributed by atoms with Crippen molar-refractivity contribution in [3.8, 4) is 0 Å². The van der Waals surface area contributed by atoms with Crippen molar-refractivity contribution in [2.75, 3.05) is 19.6 Å². The molecule has 2 heterocycles. The highest BCUT2D eigenvalue weighted by Crippen LogP contribution is 2.25. The SMILES string of the molecule is CCCN=C(NN)N1CCC2NC(=O)CCC2C1. The second-order valence-electron chi connectivity index (χ2n) is 5.06. The van der Waals surface area contributed by atoms with E-state index in [2.05, 4.69) is 27.6 Å². The van der Waals surface area contributed by atoms with Crippen LogP contribution in [-0.4, -0.2) is 42.4 Å². The summed E-state index contributed by atoms with van der Waals surface area (Å²) in [4.78, 5) is 18.0. The molecule has 0 aromatic carbocycles. The fourth-order valence-corrected chi connectivity index (χ4v) is 2.76. The lowest BCUT2D eigenvalue weighted by Gasteiger charge is -2.42. The molecule has 2 atom stereocenters. The number of carbonyl (C=O) groups excluding carboxylic acids is 1. The first-order valence-electron chi connectivity index (χ1n) is 6.80. The minimum atomic E-state index is 0.196. The van der Waals surface area contributed by atoms with Crippen LogP contribution in [0.3, 0.4) is 0 Å². The van der Waals surface area contributed by atoms with Crippen molar-refractivity contribution in [3.05, 3.63) is 0 Å². The fraction of sp³-hybridized carbons (Fsp3) is 0.833. The number of piperidine rings is 2. The summed E-state index contributed by atoms with van der Waals surface area (Å²) in [6, 6.07) is 0.340. The number of aliphatic imine (C=N–C) groups is 1. The van der Waals surface area contributed by atoms with E-state index < -0.39 is 0 Å². The molecule has 6 heteroatoms. The Bertz CT molecular complexity index is 330. The number of nitrogens with two attached hydrogens (primary N) is 1. The first-order valence-corrected chi connectivity index (χ1v) is 6.80. The molecule has 0 aliphatic carbocycles. The van der Waals surface area contributed by atoms with Gasteiger partial charge in [0, 0.05) is 32.1 Å². The molecule has 6 nitrogen and oxygen atoms in total. The highest BCUT2D eigenvalue weighted by molar-refractivity contribution is 5.80. The number of fused-ring (bicyclic) bond motifs is 1. The van der Waals surface area contributed by atoms with E-state index in [4.69, 9.17) is 5.84 Å². The topological polar surface area (TPSA) is 82.8 Å². The van der Waals surface area contributed by atoms with Gasteiger partial charge in [-0.2, -0.15) is 0 Å².